The molecule has 2 rings (SSSR count). The van der Waals surface area contributed by atoms with E-state index in [1.807, 2.05) is 6.07 Å². The molecule has 1 heterocycles. The molecule has 1 aromatic carbocycles. The van der Waals surface area contributed by atoms with E-state index in [9.17, 15) is 9.59 Å². The number of methoxy groups -OCH3 is 1. The maximum atomic E-state index is 13.0. The number of ether oxygens (including phenoxy) is 1. The molecule has 0 aliphatic carbocycles. The van der Waals surface area contributed by atoms with Crippen molar-refractivity contribution in [3.8, 4) is 0 Å². The summed E-state index contributed by atoms with van der Waals surface area (Å²) in [5.41, 5.74) is 0.937. The van der Waals surface area contributed by atoms with Crippen LogP contribution in [0.25, 0.3) is 10.9 Å². The Morgan fingerprint density at radius 3 is 2.67 bits per heavy atom. The molecule has 7 heteroatoms. The van der Waals surface area contributed by atoms with Gasteiger partial charge in [-0.2, -0.15) is 0 Å². The average Bonchev–Trinajstić information content (AvgIpc) is 2.58. The normalized spacial score (nSPS) is 10.7. The zero-order valence-corrected chi connectivity index (χ0v) is 14.7. The molecule has 1 aromatic heterocycles. The van der Waals surface area contributed by atoms with Gasteiger partial charge in [-0.15, -0.1) is 0 Å². The predicted molar refractivity (Wildman–Crippen MR) is 93.2 cm³/mol. The zero-order valence-electron chi connectivity index (χ0n) is 14.0. The van der Waals surface area contributed by atoms with Crippen LogP contribution in [0.15, 0.2) is 30.5 Å². The summed E-state index contributed by atoms with van der Waals surface area (Å²) in [6, 6.07) is 6.88. The maximum absolute atomic E-state index is 13.0. The molecule has 2 aromatic rings. The van der Waals surface area contributed by atoms with E-state index >= 15 is 0 Å². The molecule has 6 nitrogen and oxygen atoms in total. The van der Waals surface area contributed by atoms with Gasteiger partial charge in [0.1, 0.15) is 6.54 Å². The van der Waals surface area contributed by atoms with Gasteiger partial charge in [-0.3, -0.25) is 14.6 Å². The first-order chi connectivity index (χ1) is 11.5. The first-order valence-corrected chi connectivity index (χ1v) is 7.85. The van der Waals surface area contributed by atoms with Gasteiger partial charge in [0, 0.05) is 39.3 Å². The van der Waals surface area contributed by atoms with Gasteiger partial charge in [-0.25, -0.2) is 0 Å². The van der Waals surface area contributed by atoms with Crippen molar-refractivity contribution in [1.29, 1.82) is 0 Å². The van der Waals surface area contributed by atoms with Crippen molar-refractivity contribution in [2.24, 2.45) is 0 Å². The number of halogens is 1. The first-order valence-electron chi connectivity index (χ1n) is 7.47. The molecule has 0 spiro atoms. The highest BCUT2D eigenvalue weighted by Crippen LogP contribution is 2.25. The molecule has 0 saturated heterocycles. The number of pyridine rings is 1. The Labute approximate surface area is 146 Å². The fraction of sp³-hybridized carbons (Fsp3) is 0.353. The standard InChI is InChI=1S/C17H20ClN3O3/c1-20(2)15(22)11-21(9-10-24-3)17(23)13-6-7-14(18)12-5-4-8-19-16(12)13/h4-8H,9-11H2,1-3H3. The molecule has 0 aliphatic rings. The molecule has 0 N–H and O–H groups in total. The van der Waals surface area contributed by atoms with E-state index in [2.05, 4.69) is 4.98 Å². The fourth-order valence-electron chi connectivity index (χ4n) is 2.24. The van der Waals surface area contributed by atoms with Crippen LogP contribution in [0.3, 0.4) is 0 Å². The summed E-state index contributed by atoms with van der Waals surface area (Å²) in [6.45, 7) is 0.628. The van der Waals surface area contributed by atoms with Gasteiger partial charge in [-0.1, -0.05) is 11.6 Å². The number of amides is 2. The minimum absolute atomic E-state index is 0.0217. The van der Waals surface area contributed by atoms with Crippen molar-refractivity contribution in [3.63, 3.8) is 0 Å². The lowest BCUT2D eigenvalue weighted by atomic mass is 10.1. The minimum atomic E-state index is -0.275. The molecule has 2 amide bonds. The third-order valence-corrected chi connectivity index (χ3v) is 3.95. The van der Waals surface area contributed by atoms with Crippen LogP contribution in [-0.4, -0.2) is 67.5 Å². The van der Waals surface area contributed by atoms with Gasteiger partial charge in [0.2, 0.25) is 5.91 Å². The molecule has 24 heavy (non-hydrogen) atoms. The number of carbonyl (C=O) groups is 2. The van der Waals surface area contributed by atoms with Crippen molar-refractivity contribution in [2.75, 3.05) is 40.9 Å². The van der Waals surface area contributed by atoms with Crippen LogP contribution >= 0.6 is 11.6 Å². The van der Waals surface area contributed by atoms with E-state index in [0.717, 1.165) is 0 Å². The second-order valence-electron chi connectivity index (χ2n) is 5.50. The number of fused-ring (bicyclic) bond motifs is 1. The van der Waals surface area contributed by atoms with Crippen molar-refractivity contribution in [3.05, 3.63) is 41.0 Å². The van der Waals surface area contributed by atoms with E-state index < -0.39 is 0 Å². The van der Waals surface area contributed by atoms with Gasteiger partial charge in [0.15, 0.2) is 0 Å². The highest BCUT2D eigenvalue weighted by atomic mass is 35.5. The number of aromatic nitrogens is 1. The number of carbonyl (C=O) groups excluding carboxylic acids is 2. The van der Waals surface area contributed by atoms with Gasteiger partial charge in [-0.05, 0) is 24.3 Å². The largest absolute Gasteiger partial charge is 0.383 e. The zero-order chi connectivity index (χ0) is 17.7. The quantitative estimate of drug-likeness (QED) is 0.801. The van der Waals surface area contributed by atoms with Crippen LogP contribution in [0.4, 0.5) is 0 Å². The van der Waals surface area contributed by atoms with Crippen LogP contribution in [0, 0.1) is 0 Å². The average molecular weight is 350 g/mol. The van der Waals surface area contributed by atoms with E-state index in [1.165, 1.54) is 9.80 Å². The third-order valence-electron chi connectivity index (χ3n) is 3.62. The molecule has 128 valence electrons. The molecular formula is C17H20ClN3O3. The van der Waals surface area contributed by atoms with Crippen LogP contribution in [0.2, 0.25) is 5.02 Å². The third kappa shape index (κ3) is 4.01. The first kappa shape index (κ1) is 18.2. The highest BCUT2D eigenvalue weighted by Gasteiger charge is 2.22. The van der Waals surface area contributed by atoms with Crippen molar-refractivity contribution in [1.82, 2.24) is 14.8 Å². The summed E-state index contributed by atoms with van der Waals surface area (Å²) in [4.78, 5) is 32.2. The van der Waals surface area contributed by atoms with E-state index in [1.54, 1.807) is 45.6 Å². The molecule has 0 unspecified atom stereocenters. The Kier molecular flexibility index (Phi) is 6.11. The van der Waals surface area contributed by atoms with Gasteiger partial charge >= 0.3 is 0 Å². The molecule has 0 radical (unpaired) electrons. The maximum Gasteiger partial charge on any atom is 0.256 e. The summed E-state index contributed by atoms with van der Waals surface area (Å²) in [5, 5.41) is 1.23. The van der Waals surface area contributed by atoms with Crippen LogP contribution < -0.4 is 0 Å². The molecule has 0 aliphatic heterocycles. The Morgan fingerprint density at radius 1 is 1.25 bits per heavy atom. The Hall–Kier alpha value is -2.18. The fourth-order valence-corrected chi connectivity index (χ4v) is 2.45. The number of rotatable bonds is 6. The summed E-state index contributed by atoms with van der Waals surface area (Å²) in [5.74, 6) is -0.437. The number of hydrogen-bond donors (Lipinski definition) is 0. The lowest BCUT2D eigenvalue weighted by Crippen LogP contribution is -2.42. The van der Waals surface area contributed by atoms with E-state index in [0.29, 0.717) is 34.6 Å². The predicted octanol–water partition coefficient (Wildman–Crippen LogP) is 2.06. The topological polar surface area (TPSA) is 62.7 Å². The molecule has 0 fully saturated rings. The summed E-state index contributed by atoms with van der Waals surface area (Å²) in [6.07, 6.45) is 1.61. The molecular weight excluding hydrogens is 330 g/mol. The van der Waals surface area contributed by atoms with Gasteiger partial charge in [0.25, 0.3) is 5.91 Å². The van der Waals surface area contributed by atoms with E-state index in [-0.39, 0.29) is 18.4 Å². The Bertz CT molecular complexity index is 749. The number of nitrogens with zero attached hydrogens (tertiary/aromatic N) is 3. The lowest BCUT2D eigenvalue weighted by molar-refractivity contribution is -0.129. The minimum Gasteiger partial charge on any atom is -0.383 e. The number of benzene rings is 1. The van der Waals surface area contributed by atoms with Crippen molar-refractivity contribution < 1.29 is 14.3 Å². The van der Waals surface area contributed by atoms with Crippen LogP contribution in [0.5, 0.6) is 0 Å². The Morgan fingerprint density at radius 2 is 2.00 bits per heavy atom. The SMILES string of the molecule is COCCN(CC(=O)N(C)C)C(=O)c1ccc(Cl)c2cccnc12. The smallest absolute Gasteiger partial charge is 0.256 e. The summed E-state index contributed by atoms with van der Waals surface area (Å²) < 4.78 is 5.05. The number of likely N-dealkylation sites (N-methyl/N-ethyl adjacent to an activating group) is 1. The second-order valence-corrected chi connectivity index (χ2v) is 5.91. The van der Waals surface area contributed by atoms with Crippen molar-refractivity contribution >= 4 is 34.3 Å². The van der Waals surface area contributed by atoms with Crippen LogP contribution in [0.1, 0.15) is 10.4 Å². The van der Waals surface area contributed by atoms with Crippen molar-refractivity contribution in [2.45, 2.75) is 0 Å². The summed E-state index contributed by atoms with van der Waals surface area (Å²) >= 11 is 6.18. The van der Waals surface area contributed by atoms with Gasteiger partial charge < -0.3 is 14.5 Å². The monoisotopic (exact) mass is 349 g/mol. The van der Waals surface area contributed by atoms with Crippen LogP contribution in [-0.2, 0) is 9.53 Å². The number of hydrogen-bond acceptors (Lipinski definition) is 4. The van der Waals surface area contributed by atoms with E-state index in [4.69, 9.17) is 16.3 Å². The molecule has 0 saturated carbocycles. The highest BCUT2D eigenvalue weighted by molar-refractivity contribution is 6.36. The summed E-state index contributed by atoms with van der Waals surface area (Å²) in [7, 11) is 4.86. The Balaban J connectivity index is 2.38. The lowest BCUT2D eigenvalue weighted by Gasteiger charge is -2.24. The molecule has 0 atom stereocenters. The molecule has 0 bridgehead atoms. The van der Waals surface area contributed by atoms with Gasteiger partial charge in [0.05, 0.1) is 22.7 Å². The second kappa shape index (κ2) is 8.08.